The van der Waals surface area contributed by atoms with Gasteiger partial charge in [-0.3, -0.25) is 24.5 Å². The molecule has 134 valence electrons. The molecule has 25 heavy (non-hydrogen) atoms. The van der Waals surface area contributed by atoms with Gasteiger partial charge in [0.2, 0.25) is 0 Å². The van der Waals surface area contributed by atoms with Crippen molar-refractivity contribution in [3.63, 3.8) is 0 Å². The van der Waals surface area contributed by atoms with Gasteiger partial charge >= 0.3 is 0 Å². The number of hydrogen-bond acceptors (Lipinski definition) is 7. The van der Waals surface area contributed by atoms with Crippen LogP contribution in [0.25, 0.3) is 0 Å². The van der Waals surface area contributed by atoms with Crippen LogP contribution in [0.2, 0.25) is 0 Å². The van der Waals surface area contributed by atoms with E-state index in [4.69, 9.17) is 10.3 Å². The van der Waals surface area contributed by atoms with E-state index < -0.39 is 27.9 Å². The lowest BCUT2D eigenvalue weighted by Gasteiger charge is -2.30. The summed E-state index contributed by atoms with van der Waals surface area (Å²) >= 11 is 0. The first kappa shape index (κ1) is 18.6. The predicted octanol–water partition coefficient (Wildman–Crippen LogP) is 0.833. The minimum Gasteiger partial charge on any atom is -0.399 e. The molecule has 0 bridgehead atoms. The van der Waals surface area contributed by atoms with Gasteiger partial charge in [-0.05, 0) is 25.1 Å². The molecule has 1 saturated heterocycles. The molecule has 1 aromatic rings. The molecule has 1 unspecified atom stereocenters. The Balaban J connectivity index is 2.44. The number of carbonyl (C=O) groups excluding carboxylic acids is 2. The van der Waals surface area contributed by atoms with Crippen molar-refractivity contribution >= 4 is 39.0 Å². The van der Waals surface area contributed by atoms with Crippen LogP contribution in [0.1, 0.15) is 13.8 Å². The first-order valence-electron chi connectivity index (χ1n) is 7.38. The highest BCUT2D eigenvalue weighted by Crippen LogP contribution is 2.24. The van der Waals surface area contributed by atoms with Gasteiger partial charge in [0.15, 0.2) is 0 Å². The fraction of sp³-hybridized carbons (Fsp3) is 0.267. The van der Waals surface area contributed by atoms with Gasteiger partial charge in [0.1, 0.15) is 5.71 Å². The summed E-state index contributed by atoms with van der Waals surface area (Å²) in [4.78, 5) is 25.6. The summed E-state index contributed by atoms with van der Waals surface area (Å²) in [6.07, 6.45) is 0. The molecule has 2 amide bonds. The third-order valence-corrected chi connectivity index (χ3v) is 4.17. The van der Waals surface area contributed by atoms with E-state index in [9.17, 15) is 18.0 Å². The minimum absolute atomic E-state index is 0.0322. The van der Waals surface area contributed by atoms with Gasteiger partial charge in [-0.1, -0.05) is 13.0 Å². The number of rotatable bonds is 4. The zero-order chi connectivity index (χ0) is 18.8. The third kappa shape index (κ3) is 4.22. The standard InChI is InChI=1S/C15H18N4O5S/c1-3-19-14(20)12(8-25(22,23)24)9(2)13(15(19)21)18-17-11-6-4-5-10(16)7-11/h4-9,17H,3,16H2,1-2H3,(H,22,23,24). The van der Waals surface area contributed by atoms with Crippen molar-refractivity contribution in [1.82, 2.24) is 4.90 Å². The van der Waals surface area contributed by atoms with Crippen molar-refractivity contribution in [2.45, 2.75) is 13.8 Å². The lowest BCUT2D eigenvalue weighted by Crippen LogP contribution is -2.50. The van der Waals surface area contributed by atoms with Gasteiger partial charge in [-0.25, -0.2) is 0 Å². The fourth-order valence-electron chi connectivity index (χ4n) is 2.38. The molecule has 9 nitrogen and oxygen atoms in total. The summed E-state index contributed by atoms with van der Waals surface area (Å²) in [5, 5.41) is 4.47. The molecule has 0 aliphatic carbocycles. The van der Waals surface area contributed by atoms with Gasteiger partial charge in [-0.15, -0.1) is 0 Å². The number of anilines is 2. The highest BCUT2D eigenvalue weighted by molar-refractivity contribution is 7.88. The number of imide groups is 1. The van der Waals surface area contributed by atoms with Crippen LogP contribution >= 0.6 is 0 Å². The molecule has 0 aromatic heterocycles. The monoisotopic (exact) mass is 366 g/mol. The molecule has 1 heterocycles. The van der Waals surface area contributed by atoms with E-state index in [2.05, 4.69) is 10.5 Å². The number of likely N-dealkylation sites (tertiary alicyclic amines) is 1. The number of carbonyl (C=O) groups is 2. The Bertz CT molecular complexity index is 876. The van der Waals surface area contributed by atoms with E-state index >= 15 is 0 Å². The molecule has 4 N–H and O–H groups in total. The first-order chi connectivity index (χ1) is 11.6. The number of nitrogens with zero attached hydrogens (tertiary/aromatic N) is 2. The van der Waals surface area contributed by atoms with E-state index in [1.54, 1.807) is 31.2 Å². The van der Waals surface area contributed by atoms with E-state index in [1.165, 1.54) is 6.92 Å². The molecule has 1 atom stereocenters. The molecule has 2 rings (SSSR count). The van der Waals surface area contributed by atoms with Gasteiger partial charge in [0.25, 0.3) is 21.9 Å². The van der Waals surface area contributed by atoms with E-state index in [0.29, 0.717) is 16.8 Å². The second kappa shape index (κ2) is 7.03. The Kier molecular flexibility index (Phi) is 5.24. The van der Waals surface area contributed by atoms with Crippen LogP contribution in [0.3, 0.4) is 0 Å². The topological polar surface area (TPSA) is 142 Å². The number of amides is 2. The highest BCUT2D eigenvalue weighted by atomic mass is 32.2. The Morgan fingerprint density at radius 3 is 2.60 bits per heavy atom. The average molecular weight is 366 g/mol. The number of piperidine rings is 1. The van der Waals surface area contributed by atoms with Gasteiger partial charge < -0.3 is 5.73 Å². The molecule has 0 radical (unpaired) electrons. The van der Waals surface area contributed by atoms with Gasteiger partial charge in [-0.2, -0.15) is 13.5 Å². The molecule has 1 aromatic carbocycles. The molecule has 1 fully saturated rings. The number of likely N-dealkylation sites (N-methyl/N-ethyl adjacent to an activating group) is 1. The zero-order valence-corrected chi connectivity index (χ0v) is 14.4. The molecule has 0 spiro atoms. The molecular weight excluding hydrogens is 348 g/mol. The van der Waals surface area contributed by atoms with Crippen molar-refractivity contribution in [1.29, 1.82) is 0 Å². The van der Waals surface area contributed by atoms with Crippen molar-refractivity contribution in [2.24, 2.45) is 11.0 Å². The molecule has 1 aliphatic rings. The van der Waals surface area contributed by atoms with E-state index in [0.717, 1.165) is 4.90 Å². The maximum absolute atomic E-state index is 12.4. The predicted molar refractivity (Wildman–Crippen MR) is 93.1 cm³/mol. The number of hydrazone groups is 1. The van der Waals surface area contributed by atoms with Crippen molar-refractivity contribution in [3.05, 3.63) is 35.2 Å². The summed E-state index contributed by atoms with van der Waals surface area (Å²) in [7, 11) is -4.55. The SMILES string of the molecule is CCN1C(=O)C(=CS(=O)(=O)O)C(C)C(=NNc2cccc(N)c2)C1=O. The Hall–Kier alpha value is -2.72. The number of nitrogens with one attached hydrogen (secondary N) is 1. The lowest BCUT2D eigenvalue weighted by molar-refractivity contribution is -0.139. The van der Waals surface area contributed by atoms with Crippen LogP contribution in [0.5, 0.6) is 0 Å². The maximum Gasteiger partial charge on any atom is 0.288 e. The van der Waals surface area contributed by atoms with Crippen LogP contribution in [-0.2, 0) is 19.7 Å². The van der Waals surface area contributed by atoms with Crippen LogP contribution in [-0.4, -0.2) is 41.9 Å². The number of nitrogen functional groups attached to an aromatic ring is 1. The van der Waals surface area contributed by atoms with Crippen molar-refractivity contribution in [2.75, 3.05) is 17.7 Å². The van der Waals surface area contributed by atoms with Crippen molar-refractivity contribution in [3.8, 4) is 0 Å². The van der Waals surface area contributed by atoms with Crippen LogP contribution in [0.15, 0.2) is 40.3 Å². The molecule has 0 saturated carbocycles. The summed E-state index contributed by atoms with van der Waals surface area (Å²) in [5.74, 6) is -2.33. The number of benzene rings is 1. The smallest absolute Gasteiger partial charge is 0.288 e. The molecule has 1 aliphatic heterocycles. The van der Waals surface area contributed by atoms with E-state index in [1.807, 2.05) is 0 Å². The number of nitrogens with two attached hydrogens (primary N) is 1. The van der Waals surface area contributed by atoms with Crippen LogP contribution in [0, 0.1) is 5.92 Å². The van der Waals surface area contributed by atoms with Gasteiger partial charge in [0, 0.05) is 23.7 Å². The highest BCUT2D eigenvalue weighted by Gasteiger charge is 2.40. The zero-order valence-electron chi connectivity index (χ0n) is 13.6. The third-order valence-electron chi connectivity index (χ3n) is 3.62. The summed E-state index contributed by atoms with van der Waals surface area (Å²) in [5.41, 5.74) is 9.05. The lowest BCUT2D eigenvalue weighted by atomic mass is 9.91. The maximum atomic E-state index is 12.4. The Morgan fingerprint density at radius 2 is 2.04 bits per heavy atom. The normalized spacial score (nSPS) is 21.9. The second-order valence-corrected chi connectivity index (χ2v) is 6.66. The van der Waals surface area contributed by atoms with Gasteiger partial charge in [0.05, 0.1) is 11.1 Å². The van der Waals surface area contributed by atoms with E-state index in [-0.39, 0.29) is 17.8 Å². The largest absolute Gasteiger partial charge is 0.399 e. The van der Waals surface area contributed by atoms with Crippen LogP contribution in [0.4, 0.5) is 11.4 Å². The van der Waals surface area contributed by atoms with Crippen molar-refractivity contribution < 1.29 is 22.6 Å². The fourth-order valence-corrected chi connectivity index (χ4v) is 3.01. The summed E-state index contributed by atoms with van der Waals surface area (Å²) < 4.78 is 31.3. The summed E-state index contributed by atoms with van der Waals surface area (Å²) in [6, 6.07) is 6.64. The Labute approximate surface area is 144 Å². The number of hydrogen-bond donors (Lipinski definition) is 3. The summed E-state index contributed by atoms with van der Waals surface area (Å²) in [6.45, 7) is 3.06. The Morgan fingerprint density at radius 1 is 1.36 bits per heavy atom. The minimum atomic E-state index is -4.55. The average Bonchev–Trinajstić information content (AvgIpc) is 2.51. The molecule has 10 heteroatoms. The quantitative estimate of drug-likeness (QED) is 0.235. The second-order valence-electron chi connectivity index (χ2n) is 5.40. The van der Waals surface area contributed by atoms with Crippen LogP contribution < -0.4 is 11.2 Å². The first-order valence-corrected chi connectivity index (χ1v) is 8.88. The molecular formula is C15H18N4O5S.